The SMILES string of the molecule is CN(C)CCNCc1cccc(OCc2ccc(F)cc2Cl)c1. The van der Waals surface area contributed by atoms with E-state index in [0.29, 0.717) is 11.6 Å². The summed E-state index contributed by atoms with van der Waals surface area (Å²) in [6, 6.07) is 12.2. The van der Waals surface area contributed by atoms with E-state index in [4.69, 9.17) is 16.3 Å². The highest BCUT2D eigenvalue weighted by atomic mass is 35.5. The summed E-state index contributed by atoms with van der Waals surface area (Å²) in [6.07, 6.45) is 0. The van der Waals surface area contributed by atoms with Gasteiger partial charge in [-0.05, 0) is 43.9 Å². The molecule has 0 unspecified atom stereocenters. The Hall–Kier alpha value is -1.62. The number of hydrogen-bond donors (Lipinski definition) is 1. The summed E-state index contributed by atoms with van der Waals surface area (Å²) in [7, 11) is 4.10. The van der Waals surface area contributed by atoms with Crippen LogP contribution in [0.3, 0.4) is 0 Å². The van der Waals surface area contributed by atoms with E-state index in [1.807, 2.05) is 18.2 Å². The summed E-state index contributed by atoms with van der Waals surface area (Å²) >= 11 is 6.00. The topological polar surface area (TPSA) is 24.5 Å². The molecular formula is C18H22ClFN2O. The quantitative estimate of drug-likeness (QED) is 0.744. The van der Waals surface area contributed by atoms with Crippen LogP contribution in [0, 0.1) is 5.82 Å². The Balaban J connectivity index is 1.87. The Bertz CT molecular complexity index is 634. The molecule has 0 aromatic heterocycles. The largest absolute Gasteiger partial charge is 0.489 e. The monoisotopic (exact) mass is 336 g/mol. The van der Waals surface area contributed by atoms with Crippen LogP contribution in [0.15, 0.2) is 42.5 Å². The van der Waals surface area contributed by atoms with Gasteiger partial charge in [-0.1, -0.05) is 29.8 Å². The minimum Gasteiger partial charge on any atom is -0.489 e. The lowest BCUT2D eigenvalue weighted by Crippen LogP contribution is -2.26. The standard InChI is InChI=1S/C18H22ClFN2O/c1-22(2)9-8-21-12-14-4-3-5-17(10-14)23-13-15-6-7-16(20)11-18(15)19/h3-7,10-11,21H,8-9,12-13H2,1-2H3. The number of nitrogens with zero attached hydrogens (tertiary/aromatic N) is 1. The van der Waals surface area contributed by atoms with Crippen molar-refractivity contribution in [2.24, 2.45) is 0 Å². The fourth-order valence-electron chi connectivity index (χ4n) is 2.08. The third kappa shape index (κ3) is 6.18. The summed E-state index contributed by atoms with van der Waals surface area (Å²) < 4.78 is 18.8. The molecule has 0 aliphatic carbocycles. The highest BCUT2D eigenvalue weighted by Gasteiger charge is 2.04. The van der Waals surface area contributed by atoms with E-state index in [2.05, 4.69) is 30.4 Å². The minimum atomic E-state index is -0.343. The van der Waals surface area contributed by atoms with Gasteiger partial charge in [0.2, 0.25) is 0 Å². The molecule has 0 saturated heterocycles. The summed E-state index contributed by atoms with van der Waals surface area (Å²) in [5.74, 6) is 0.432. The molecule has 23 heavy (non-hydrogen) atoms. The maximum absolute atomic E-state index is 13.0. The zero-order valence-corrected chi connectivity index (χ0v) is 14.2. The molecule has 0 heterocycles. The fourth-order valence-corrected chi connectivity index (χ4v) is 2.30. The zero-order valence-electron chi connectivity index (χ0n) is 13.5. The Labute approximate surface area is 142 Å². The van der Waals surface area contributed by atoms with Gasteiger partial charge >= 0.3 is 0 Å². The number of benzene rings is 2. The highest BCUT2D eigenvalue weighted by molar-refractivity contribution is 6.31. The molecule has 0 saturated carbocycles. The van der Waals surface area contributed by atoms with Gasteiger partial charge in [0.15, 0.2) is 0 Å². The van der Waals surface area contributed by atoms with Crippen molar-refractivity contribution in [3.63, 3.8) is 0 Å². The Kier molecular flexibility index (Phi) is 6.84. The molecule has 2 aromatic rings. The van der Waals surface area contributed by atoms with E-state index < -0.39 is 0 Å². The molecule has 0 aliphatic heterocycles. The normalized spacial score (nSPS) is 11.0. The van der Waals surface area contributed by atoms with Crippen molar-refractivity contribution in [3.8, 4) is 5.75 Å². The summed E-state index contributed by atoms with van der Waals surface area (Å²) in [5, 5.41) is 3.77. The second kappa shape index (κ2) is 8.87. The molecule has 1 N–H and O–H groups in total. The van der Waals surface area contributed by atoms with E-state index in [0.717, 1.165) is 36.5 Å². The van der Waals surface area contributed by atoms with Gasteiger partial charge in [0, 0.05) is 25.2 Å². The fraction of sp³-hybridized carbons (Fsp3) is 0.333. The van der Waals surface area contributed by atoms with Gasteiger partial charge in [0.1, 0.15) is 18.2 Å². The van der Waals surface area contributed by atoms with Crippen LogP contribution >= 0.6 is 11.6 Å². The first kappa shape index (κ1) is 17.7. The first-order chi connectivity index (χ1) is 11.0. The maximum atomic E-state index is 13.0. The maximum Gasteiger partial charge on any atom is 0.124 e. The lowest BCUT2D eigenvalue weighted by atomic mass is 10.2. The van der Waals surface area contributed by atoms with Crippen molar-refractivity contribution >= 4 is 11.6 Å². The molecular weight excluding hydrogens is 315 g/mol. The van der Waals surface area contributed by atoms with E-state index in [1.54, 1.807) is 6.07 Å². The first-order valence-electron chi connectivity index (χ1n) is 7.56. The van der Waals surface area contributed by atoms with Crippen molar-refractivity contribution in [2.75, 3.05) is 27.2 Å². The number of halogens is 2. The van der Waals surface area contributed by atoms with Crippen LogP contribution in [0.1, 0.15) is 11.1 Å². The molecule has 2 aromatic carbocycles. The molecule has 0 aliphatic rings. The zero-order chi connectivity index (χ0) is 16.7. The molecule has 5 heteroatoms. The average Bonchev–Trinajstić information content (AvgIpc) is 2.51. The van der Waals surface area contributed by atoms with Crippen LogP contribution in [0.5, 0.6) is 5.75 Å². The van der Waals surface area contributed by atoms with Gasteiger partial charge in [-0.2, -0.15) is 0 Å². The lowest BCUT2D eigenvalue weighted by molar-refractivity contribution is 0.305. The van der Waals surface area contributed by atoms with Crippen LogP contribution in [0.2, 0.25) is 5.02 Å². The molecule has 0 spiro atoms. The number of nitrogens with one attached hydrogen (secondary N) is 1. The second-order valence-corrected chi connectivity index (χ2v) is 6.06. The summed E-state index contributed by atoms with van der Waals surface area (Å²) in [5.41, 5.74) is 1.93. The molecule has 0 amide bonds. The molecule has 0 bridgehead atoms. The minimum absolute atomic E-state index is 0.316. The van der Waals surface area contributed by atoms with Gasteiger partial charge in [-0.25, -0.2) is 4.39 Å². The summed E-state index contributed by atoms with van der Waals surface area (Å²) in [6.45, 7) is 3.04. The van der Waals surface area contributed by atoms with E-state index >= 15 is 0 Å². The summed E-state index contributed by atoms with van der Waals surface area (Å²) in [4.78, 5) is 2.14. The predicted octanol–water partition coefficient (Wildman–Crippen LogP) is 3.71. The smallest absolute Gasteiger partial charge is 0.124 e. The highest BCUT2D eigenvalue weighted by Crippen LogP contribution is 2.20. The Morgan fingerprint density at radius 3 is 2.74 bits per heavy atom. The molecule has 0 radical (unpaired) electrons. The van der Waals surface area contributed by atoms with Crippen molar-refractivity contribution in [3.05, 3.63) is 64.4 Å². The van der Waals surface area contributed by atoms with Crippen LogP contribution < -0.4 is 10.1 Å². The van der Waals surface area contributed by atoms with Crippen molar-refractivity contribution < 1.29 is 9.13 Å². The molecule has 3 nitrogen and oxygen atoms in total. The van der Waals surface area contributed by atoms with E-state index in [1.165, 1.54) is 12.1 Å². The van der Waals surface area contributed by atoms with E-state index in [-0.39, 0.29) is 5.82 Å². The molecule has 0 atom stereocenters. The van der Waals surface area contributed by atoms with Crippen molar-refractivity contribution in [1.82, 2.24) is 10.2 Å². The Morgan fingerprint density at radius 2 is 2.00 bits per heavy atom. The molecule has 124 valence electrons. The van der Waals surface area contributed by atoms with Gasteiger partial charge in [0.05, 0.1) is 5.02 Å². The van der Waals surface area contributed by atoms with Crippen molar-refractivity contribution in [2.45, 2.75) is 13.2 Å². The second-order valence-electron chi connectivity index (χ2n) is 5.65. The predicted molar refractivity (Wildman–Crippen MR) is 92.4 cm³/mol. The number of hydrogen-bond acceptors (Lipinski definition) is 3. The third-order valence-electron chi connectivity index (χ3n) is 3.37. The van der Waals surface area contributed by atoms with Gasteiger partial charge in [-0.3, -0.25) is 0 Å². The molecule has 0 fully saturated rings. The lowest BCUT2D eigenvalue weighted by Gasteiger charge is -2.12. The van der Waals surface area contributed by atoms with Gasteiger partial charge in [-0.15, -0.1) is 0 Å². The first-order valence-corrected chi connectivity index (χ1v) is 7.93. The van der Waals surface area contributed by atoms with Gasteiger partial charge in [0.25, 0.3) is 0 Å². The van der Waals surface area contributed by atoms with Crippen LogP contribution in [0.4, 0.5) is 4.39 Å². The van der Waals surface area contributed by atoms with E-state index in [9.17, 15) is 4.39 Å². The van der Waals surface area contributed by atoms with Crippen LogP contribution in [-0.2, 0) is 13.2 Å². The third-order valence-corrected chi connectivity index (χ3v) is 3.72. The number of likely N-dealkylation sites (N-methyl/N-ethyl adjacent to an activating group) is 1. The van der Waals surface area contributed by atoms with Crippen LogP contribution in [-0.4, -0.2) is 32.1 Å². The van der Waals surface area contributed by atoms with Crippen molar-refractivity contribution in [1.29, 1.82) is 0 Å². The number of ether oxygens (including phenoxy) is 1. The number of rotatable bonds is 8. The van der Waals surface area contributed by atoms with Crippen LogP contribution in [0.25, 0.3) is 0 Å². The molecule has 2 rings (SSSR count). The average molecular weight is 337 g/mol. The Morgan fingerprint density at radius 1 is 1.17 bits per heavy atom. The van der Waals surface area contributed by atoms with Gasteiger partial charge < -0.3 is 15.0 Å².